The standard InChI is InChI=1S/C17H14ClN3O2S/c1-10-6-7-11(18)8-14(10)20-17-19-13-5-3-2-4-12(13)16(21-17)24-9-15(22)23/h2-8H,9H2,1H3,(H,22,23)(H,19,20,21). The predicted molar refractivity (Wildman–Crippen MR) is 97.4 cm³/mol. The molecule has 0 unspecified atom stereocenters. The first kappa shape index (κ1) is 16.5. The lowest BCUT2D eigenvalue weighted by molar-refractivity contribution is -0.133. The number of thioether (sulfide) groups is 1. The SMILES string of the molecule is Cc1ccc(Cl)cc1Nc1nc(SCC(=O)O)c2ccccc2n1. The van der Waals surface area contributed by atoms with Crippen molar-refractivity contribution in [3.05, 3.63) is 53.1 Å². The van der Waals surface area contributed by atoms with Gasteiger partial charge in [0.15, 0.2) is 0 Å². The van der Waals surface area contributed by atoms with Crippen LogP contribution in [-0.4, -0.2) is 26.8 Å². The van der Waals surface area contributed by atoms with Crippen molar-refractivity contribution in [2.24, 2.45) is 0 Å². The molecular formula is C17H14ClN3O2S. The van der Waals surface area contributed by atoms with Crippen LogP contribution in [0.25, 0.3) is 10.9 Å². The van der Waals surface area contributed by atoms with E-state index in [0.29, 0.717) is 16.0 Å². The summed E-state index contributed by atoms with van der Waals surface area (Å²) < 4.78 is 0. The molecule has 1 heterocycles. The number of carbonyl (C=O) groups is 1. The number of carboxylic acid groups (broad SMARTS) is 1. The Hall–Kier alpha value is -2.31. The number of aliphatic carboxylic acids is 1. The molecule has 5 nitrogen and oxygen atoms in total. The van der Waals surface area contributed by atoms with Crippen molar-refractivity contribution in [2.75, 3.05) is 11.1 Å². The average molecular weight is 360 g/mol. The lowest BCUT2D eigenvalue weighted by atomic mass is 10.2. The van der Waals surface area contributed by atoms with Crippen molar-refractivity contribution in [1.82, 2.24) is 9.97 Å². The van der Waals surface area contributed by atoms with E-state index in [2.05, 4.69) is 15.3 Å². The van der Waals surface area contributed by atoms with E-state index in [9.17, 15) is 4.79 Å². The molecule has 0 aliphatic rings. The maximum Gasteiger partial charge on any atom is 0.313 e. The van der Waals surface area contributed by atoms with Crippen LogP contribution < -0.4 is 5.32 Å². The molecule has 0 aliphatic carbocycles. The lowest BCUT2D eigenvalue weighted by Crippen LogP contribution is -2.03. The number of carboxylic acids is 1. The van der Waals surface area contributed by atoms with Gasteiger partial charge in [0, 0.05) is 16.1 Å². The Morgan fingerprint density at radius 1 is 1.25 bits per heavy atom. The summed E-state index contributed by atoms with van der Waals surface area (Å²) >= 11 is 7.22. The molecule has 2 N–H and O–H groups in total. The molecule has 3 aromatic rings. The molecule has 122 valence electrons. The van der Waals surface area contributed by atoms with E-state index in [0.717, 1.165) is 22.2 Å². The zero-order chi connectivity index (χ0) is 17.1. The first-order valence-corrected chi connectivity index (χ1v) is 8.54. The van der Waals surface area contributed by atoms with Gasteiger partial charge in [-0.05, 0) is 30.7 Å². The highest BCUT2D eigenvalue weighted by atomic mass is 35.5. The van der Waals surface area contributed by atoms with E-state index in [1.165, 1.54) is 11.8 Å². The topological polar surface area (TPSA) is 75.1 Å². The molecule has 0 fully saturated rings. The van der Waals surface area contributed by atoms with Crippen LogP contribution >= 0.6 is 23.4 Å². The second-order valence-corrected chi connectivity index (χ2v) is 6.54. The number of hydrogen-bond acceptors (Lipinski definition) is 5. The third-order valence-corrected chi connectivity index (χ3v) is 4.56. The molecule has 0 saturated heterocycles. The molecule has 3 rings (SSSR count). The van der Waals surface area contributed by atoms with Crippen molar-refractivity contribution in [3.8, 4) is 0 Å². The van der Waals surface area contributed by atoms with Crippen LogP contribution in [0.1, 0.15) is 5.56 Å². The zero-order valence-corrected chi connectivity index (χ0v) is 14.4. The number of hydrogen-bond donors (Lipinski definition) is 2. The van der Waals surface area contributed by atoms with E-state index in [1.807, 2.05) is 43.3 Å². The number of para-hydroxylation sites is 1. The van der Waals surface area contributed by atoms with Gasteiger partial charge in [-0.25, -0.2) is 9.97 Å². The van der Waals surface area contributed by atoms with E-state index in [4.69, 9.17) is 16.7 Å². The summed E-state index contributed by atoms with van der Waals surface area (Å²) in [5, 5.41) is 14.2. The lowest BCUT2D eigenvalue weighted by Gasteiger charge is -2.11. The van der Waals surface area contributed by atoms with Gasteiger partial charge in [0.05, 0.1) is 11.3 Å². The van der Waals surface area contributed by atoms with Gasteiger partial charge >= 0.3 is 5.97 Å². The Morgan fingerprint density at radius 2 is 2.04 bits per heavy atom. The number of nitrogens with one attached hydrogen (secondary N) is 1. The maximum atomic E-state index is 10.9. The molecule has 24 heavy (non-hydrogen) atoms. The average Bonchev–Trinajstić information content (AvgIpc) is 2.56. The molecule has 0 spiro atoms. The smallest absolute Gasteiger partial charge is 0.313 e. The summed E-state index contributed by atoms with van der Waals surface area (Å²) in [7, 11) is 0. The van der Waals surface area contributed by atoms with Crippen molar-refractivity contribution in [1.29, 1.82) is 0 Å². The number of nitrogens with zero attached hydrogens (tertiary/aromatic N) is 2. The number of aromatic nitrogens is 2. The summed E-state index contributed by atoms with van der Waals surface area (Å²) in [5.41, 5.74) is 2.57. The van der Waals surface area contributed by atoms with Crippen molar-refractivity contribution < 1.29 is 9.90 Å². The zero-order valence-electron chi connectivity index (χ0n) is 12.8. The second-order valence-electron chi connectivity index (χ2n) is 5.14. The Morgan fingerprint density at radius 3 is 2.83 bits per heavy atom. The van der Waals surface area contributed by atoms with Crippen LogP contribution in [0.3, 0.4) is 0 Å². The molecule has 0 bridgehead atoms. The number of anilines is 2. The van der Waals surface area contributed by atoms with Gasteiger partial charge in [0.25, 0.3) is 0 Å². The monoisotopic (exact) mass is 359 g/mol. The van der Waals surface area contributed by atoms with Crippen LogP contribution in [0.4, 0.5) is 11.6 Å². The second kappa shape index (κ2) is 7.07. The Bertz CT molecular complexity index is 917. The third-order valence-electron chi connectivity index (χ3n) is 3.35. The molecule has 0 amide bonds. The number of aryl methyl sites for hydroxylation is 1. The quantitative estimate of drug-likeness (QED) is 0.515. The van der Waals surface area contributed by atoms with E-state index in [1.54, 1.807) is 6.07 Å². The molecule has 7 heteroatoms. The van der Waals surface area contributed by atoms with E-state index < -0.39 is 5.97 Å². The summed E-state index contributed by atoms with van der Waals surface area (Å²) in [6.07, 6.45) is 0. The van der Waals surface area contributed by atoms with Gasteiger partial charge in [-0.1, -0.05) is 47.6 Å². The Balaban J connectivity index is 2.01. The number of benzene rings is 2. The summed E-state index contributed by atoms with van der Waals surface area (Å²) in [6.45, 7) is 1.96. The summed E-state index contributed by atoms with van der Waals surface area (Å²) in [5.74, 6) is -0.536. The van der Waals surface area contributed by atoms with Gasteiger partial charge in [-0.3, -0.25) is 4.79 Å². The highest BCUT2D eigenvalue weighted by Crippen LogP contribution is 2.28. The van der Waals surface area contributed by atoms with Crippen LogP contribution in [0, 0.1) is 6.92 Å². The van der Waals surface area contributed by atoms with Gasteiger partial charge < -0.3 is 10.4 Å². The fraction of sp³-hybridized carbons (Fsp3) is 0.118. The normalized spacial score (nSPS) is 10.8. The predicted octanol–water partition coefficient (Wildman–Crippen LogP) is 4.51. The van der Waals surface area contributed by atoms with Gasteiger partial charge in [0.2, 0.25) is 5.95 Å². The van der Waals surface area contributed by atoms with Crippen molar-refractivity contribution >= 4 is 51.9 Å². The first-order chi connectivity index (χ1) is 11.5. The van der Waals surface area contributed by atoms with Gasteiger partial charge in [-0.15, -0.1) is 0 Å². The molecule has 1 aromatic heterocycles. The molecule has 0 atom stereocenters. The fourth-order valence-corrected chi connectivity index (χ4v) is 3.10. The van der Waals surface area contributed by atoms with Crippen LogP contribution in [0.2, 0.25) is 5.02 Å². The third kappa shape index (κ3) is 3.77. The fourth-order valence-electron chi connectivity index (χ4n) is 2.19. The maximum absolute atomic E-state index is 10.9. The van der Waals surface area contributed by atoms with Crippen molar-refractivity contribution in [2.45, 2.75) is 11.9 Å². The molecular weight excluding hydrogens is 346 g/mol. The number of rotatable bonds is 5. The minimum absolute atomic E-state index is 0.0589. The van der Waals surface area contributed by atoms with Crippen LogP contribution in [-0.2, 0) is 4.79 Å². The highest BCUT2D eigenvalue weighted by Gasteiger charge is 2.11. The first-order valence-electron chi connectivity index (χ1n) is 7.17. The van der Waals surface area contributed by atoms with Gasteiger partial charge in [0.1, 0.15) is 5.03 Å². The van der Waals surface area contributed by atoms with Gasteiger partial charge in [-0.2, -0.15) is 0 Å². The summed E-state index contributed by atoms with van der Waals surface area (Å²) in [4.78, 5) is 19.8. The van der Waals surface area contributed by atoms with Crippen molar-refractivity contribution in [3.63, 3.8) is 0 Å². The number of fused-ring (bicyclic) bond motifs is 1. The highest BCUT2D eigenvalue weighted by molar-refractivity contribution is 8.00. The minimum atomic E-state index is -0.886. The molecule has 0 saturated carbocycles. The van der Waals surface area contributed by atoms with Crippen LogP contribution in [0.15, 0.2) is 47.5 Å². The van der Waals surface area contributed by atoms with E-state index >= 15 is 0 Å². The minimum Gasteiger partial charge on any atom is -0.481 e. The summed E-state index contributed by atoms with van der Waals surface area (Å²) in [6, 6.07) is 13.1. The van der Waals surface area contributed by atoms with Crippen LogP contribution in [0.5, 0.6) is 0 Å². The molecule has 0 radical (unpaired) electrons. The van der Waals surface area contributed by atoms with E-state index in [-0.39, 0.29) is 5.75 Å². The molecule has 0 aliphatic heterocycles. The molecule has 2 aromatic carbocycles. The Kier molecular flexibility index (Phi) is 4.87. The largest absolute Gasteiger partial charge is 0.481 e. The Labute approximate surface area is 148 Å². The number of halogens is 1.